The first-order valence-electron chi connectivity index (χ1n) is 4.62. The Morgan fingerprint density at radius 1 is 1.50 bits per heavy atom. The second kappa shape index (κ2) is 3.60. The second-order valence-corrected chi connectivity index (χ2v) is 4.39. The minimum absolute atomic E-state index is 0.180. The molecule has 0 aromatic rings. The molecular formula is C9H18N2S. The second-order valence-electron chi connectivity index (χ2n) is 3.98. The third-order valence-corrected chi connectivity index (χ3v) is 2.62. The first-order chi connectivity index (χ1) is 5.56. The molecule has 0 bridgehead atoms. The molecule has 0 spiro atoms. The Hall–Kier alpha value is -0.310. The van der Waals surface area contributed by atoms with Crippen LogP contribution in [-0.4, -0.2) is 17.2 Å². The average molecular weight is 186 g/mol. The third kappa shape index (κ3) is 2.63. The lowest BCUT2D eigenvalue weighted by Gasteiger charge is -2.27. The van der Waals surface area contributed by atoms with Crippen LogP contribution in [0.15, 0.2) is 0 Å². The Labute approximate surface area is 80.1 Å². The van der Waals surface area contributed by atoms with Crippen LogP contribution in [0.4, 0.5) is 0 Å². The molecule has 1 aliphatic carbocycles. The Balaban J connectivity index is 2.32. The molecule has 2 nitrogen and oxygen atoms in total. The van der Waals surface area contributed by atoms with Gasteiger partial charge in [-0.1, -0.05) is 0 Å². The van der Waals surface area contributed by atoms with E-state index in [1.165, 1.54) is 12.8 Å². The van der Waals surface area contributed by atoms with Crippen LogP contribution in [0.1, 0.15) is 33.6 Å². The van der Waals surface area contributed by atoms with Gasteiger partial charge in [0.1, 0.15) is 0 Å². The molecule has 0 unspecified atom stereocenters. The number of nitrogens with one attached hydrogen (secondary N) is 2. The van der Waals surface area contributed by atoms with Crippen LogP contribution in [0.5, 0.6) is 0 Å². The molecule has 1 fully saturated rings. The summed E-state index contributed by atoms with van der Waals surface area (Å²) in [4.78, 5) is 0. The lowest BCUT2D eigenvalue weighted by atomic mass is 9.99. The summed E-state index contributed by atoms with van der Waals surface area (Å²) in [5, 5.41) is 7.23. The van der Waals surface area contributed by atoms with Crippen LogP contribution in [0.2, 0.25) is 0 Å². The molecular weight excluding hydrogens is 168 g/mol. The molecule has 0 atom stereocenters. The summed E-state index contributed by atoms with van der Waals surface area (Å²) in [6, 6.07) is 0. The first kappa shape index (κ1) is 9.78. The summed E-state index contributed by atoms with van der Waals surface area (Å²) in [7, 11) is 0. The fourth-order valence-corrected chi connectivity index (χ4v) is 1.81. The summed E-state index contributed by atoms with van der Waals surface area (Å²) in [5.74, 6) is 0.814. The van der Waals surface area contributed by atoms with Gasteiger partial charge in [0.2, 0.25) is 0 Å². The quantitative estimate of drug-likeness (QED) is 0.656. The standard InChI is InChI=1S/C9H18N2S/c1-4-10-8(12)11-9(2,3)7-5-6-7/h7H,4-6H2,1-3H3,(H2,10,11,12). The Kier molecular flexibility index (Phi) is 2.94. The van der Waals surface area contributed by atoms with Gasteiger partial charge in [-0.3, -0.25) is 0 Å². The maximum atomic E-state index is 5.13. The van der Waals surface area contributed by atoms with Crippen LogP contribution in [0, 0.1) is 5.92 Å². The van der Waals surface area contributed by atoms with E-state index in [0.29, 0.717) is 0 Å². The van der Waals surface area contributed by atoms with Gasteiger partial charge in [-0.05, 0) is 51.7 Å². The zero-order valence-corrected chi connectivity index (χ0v) is 8.92. The van der Waals surface area contributed by atoms with Crippen molar-refractivity contribution in [3.63, 3.8) is 0 Å². The highest BCUT2D eigenvalue weighted by molar-refractivity contribution is 7.80. The van der Waals surface area contributed by atoms with Crippen molar-refractivity contribution < 1.29 is 0 Å². The molecule has 0 aromatic carbocycles. The Bertz CT molecular complexity index is 173. The summed E-state index contributed by atoms with van der Waals surface area (Å²) in [6.45, 7) is 7.38. The van der Waals surface area contributed by atoms with Gasteiger partial charge < -0.3 is 10.6 Å². The van der Waals surface area contributed by atoms with Crippen molar-refractivity contribution in [2.45, 2.75) is 39.2 Å². The normalized spacial score (nSPS) is 17.2. The van der Waals surface area contributed by atoms with E-state index >= 15 is 0 Å². The zero-order chi connectivity index (χ0) is 9.19. The highest BCUT2D eigenvalue weighted by atomic mass is 32.1. The van der Waals surface area contributed by atoms with Crippen LogP contribution < -0.4 is 10.6 Å². The topological polar surface area (TPSA) is 24.1 Å². The summed E-state index contributed by atoms with van der Waals surface area (Å²) in [5.41, 5.74) is 0.180. The van der Waals surface area contributed by atoms with Gasteiger partial charge >= 0.3 is 0 Å². The summed E-state index contributed by atoms with van der Waals surface area (Å²) >= 11 is 5.13. The van der Waals surface area contributed by atoms with E-state index in [1.807, 2.05) is 0 Å². The molecule has 1 aliphatic rings. The summed E-state index contributed by atoms with van der Waals surface area (Å²) < 4.78 is 0. The van der Waals surface area contributed by atoms with Crippen molar-refractivity contribution in [3.8, 4) is 0 Å². The molecule has 2 N–H and O–H groups in total. The van der Waals surface area contributed by atoms with E-state index in [-0.39, 0.29) is 5.54 Å². The fourth-order valence-electron chi connectivity index (χ4n) is 1.40. The van der Waals surface area contributed by atoms with Gasteiger partial charge in [-0.15, -0.1) is 0 Å². The van der Waals surface area contributed by atoms with Gasteiger partial charge in [-0.25, -0.2) is 0 Å². The molecule has 1 rings (SSSR count). The smallest absolute Gasteiger partial charge is 0.166 e. The summed E-state index contributed by atoms with van der Waals surface area (Å²) in [6.07, 6.45) is 2.68. The molecule has 12 heavy (non-hydrogen) atoms. The molecule has 1 saturated carbocycles. The van der Waals surface area contributed by atoms with Crippen molar-refractivity contribution >= 4 is 17.3 Å². The molecule has 0 aliphatic heterocycles. The van der Waals surface area contributed by atoms with E-state index in [1.54, 1.807) is 0 Å². The average Bonchev–Trinajstić information content (AvgIpc) is 2.65. The molecule has 0 radical (unpaired) electrons. The van der Waals surface area contributed by atoms with Crippen LogP contribution in [-0.2, 0) is 0 Å². The number of thiocarbonyl (C=S) groups is 1. The van der Waals surface area contributed by atoms with Crippen molar-refractivity contribution in [3.05, 3.63) is 0 Å². The molecule has 0 amide bonds. The highest BCUT2D eigenvalue weighted by Crippen LogP contribution is 2.38. The fraction of sp³-hybridized carbons (Fsp3) is 0.889. The number of hydrogen-bond donors (Lipinski definition) is 2. The van der Waals surface area contributed by atoms with Gasteiger partial charge in [0.05, 0.1) is 0 Å². The monoisotopic (exact) mass is 186 g/mol. The van der Waals surface area contributed by atoms with Crippen molar-refractivity contribution in [2.24, 2.45) is 5.92 Å². The molecule has 3 heteroatoms. The SMILES string of the molecule is CCNC(=S)NC(C)(C)C1CC1. The zero-order valence-electron chi connectivity index (χ0n) is 8.11. The first-order valence-corrected chi connectivity index (χ1v) is 5.03. The van der Waals surface area contributed by atoms with E-state index < -0.39 is 0 Å². The van der Waals surface area contributed by atoms with Gasteiger partial charge in [0.25, 0.3) is 0 Å². The predicted molar refractivity (Wildman–Crippen MR) is 56.2 cm³/mol. The van der Waals surface area contributed by atoms with Crippen molar-refractivity contribution in [1.82, 2.24) is 10.6 Å². The Morgan fingerprint density at radius 3 is 2.50 bits per heavy atom. The lowest BCUT2D eigenvalue weighted by Crippen LogP contribution is -2.49. The van der Waals surface area contributed by atoms with Crippen molar-refractivity contribution in [1.29, 1.82) is 0 Å². The van der Waals surface area contributed by atoms with Crippen LogP contribution in [0.25, 0.3) is 0 Å². The van der Waals surface area contributed by atoms with E-state index in [0.717, 1.165) is 17.6 Å². The van der Waals surface area contributed by atoms with Gasteiger partial charge in [-0.2, -0.15) is 0 Å². The van der Waals surface area contributed by atoms with Gasteiger partial charge in [0, 0.05) is 12.1 Å². The third-order valence-electron chi connectivity index (χ3n) is 2.37. The molecule has 0 heterocycles. The van der Waals surface area contributed by atoms with E-state index in [9.17, 15) is 0 Å². The van der Waals surface area contributed by atoms with E-state index in [2.05, 4.69) is 31.4 Å². The Morgan fingerprint density at radius 2 is 2.08 bits per heavy atom. The van der Waals surface area contributed by atoms with Gasteiger partial charge in [0.15, 0.2) is 5.11 Å². The van der Waals surface area contributed by atoms with Crippen molar-refractivity contribution in [2.75, 3.05) is 6.54 Å². The highest BCUT2D eigenvalue weighted by Gasteiger charge is 2.37. The lowest BCUT2D eigenvalue weighted by molar-refractivity contribution is 0.400. The maximum Gasteiger partial charge on any atom is 0.166 e. The minimum Gasteiger partial charge on any atom is -0.363 e. The number of hydrogen-bond acceptors (Lipinski definition) is 1. The minimum atomic E-state index is 0.180. The molecule has 0 aromatic heterocycles. The predicted octanol–water partition coefficient (Wildman–Crippen LogP) is 1.66. The van der Waals surface area contributed by atoms with Crippen LogP contribution >= 0.6 is 12.2 Å². The maximum absolute atomic E-state index is 5.13. The number of rotatable bonds is 3. The molecule has 70 valence electrons. The van der Waals surface area contributed by atoms with E-state index in [4.69, 9.17) is 12.2 Å². The molecule has 0 saturated heterocycles. The largest absolute Gasteiger partial charge is 0.363 e. The van der Waals surface area contributed by atoms with Crippen LogP contribution in [0.3, 0.4) is 0 Å².